The van der Waals surface area contributed by atoms with Crippen molar-refractivity contribution in [2.45, 2.75) is 36.3 Å². The van der Waals surface area contributed by atoms with Gasteiger partial charge >= 0.3 is 0 Å². The smallest absolute Gasteiger partial charge is 0.237 e. The summed E-state index contributed by atoms with van der Waals surface area (Å²) in [5.74, 6) is 0.543. The molecule has 2 aromatic rings. The molecule has 0 saturated carbocycles. The number of hydrogen-bond acceptors (Lipinski definition) is 7. The summed E-state index contributed by atoms with van der Waals surface area (Å²) in [5.41, 5.74) is 0.664. The molecule has 1 aromatic carbocycles. The Bertz CT molecular complexity index is 663. The largest absolute Gasteiger partial charge is 0.495 e. The first-order chi connectivity index (χ1) is 11.6. The lowest BCUT2D eigenvalue weighted by Gasteiger charge is -2.12. The number of anilines is 2. The van der Waals surface area contributed by atoms with Gasteiger partial charge in [-0.1, -0.05) is 48.6 Å². The standard InChI is InChI=1S/C16H22N4O2S2/c1-4-5-10-17-15-19-20-16(24-15)23-11(2)14(21)18-12-8-6-7-9-13(12)22-3/h6-9,11H,4-5,10H2,1-3H3,(H,17,19)(H,18,21). The van der Waals surface area contributed by atoms with Gasteiger partial charge in [0.25, 0.3) is 0 Å². The van der Waals surface area contributed by atoms with E-state index >= 15 is 0 Å². The number of methoxy groups -OCH3 is 1. The number of benzene rings is 1. The van der Waals surface area contributed by atoms with Crippen LogP contribution in [0.2, 0.25) is 0 Å². The van der Waals surface area contributed by atoms with Gasteiger partial charge in [0.05, 0.1) is 18.0 Å². The molecule has 24 heavy (non-hydrogen) atoms. The van der Waals surface area contributed by atoms with Crippen molar-refractivity contribution in [3.05, 3.63) is 24.3 Å². The number of ether oxygens (including phenoxy) is 1. The first kappa shape index (κ1) is 18.5. The summed E-state index contributed by atoms with van der Waals surface area (Å²) in [6, 6.07) is 7.34. The molecule has 6 nitrogen and oxygen atoms in total. The summed E-state index contributed by atoms with van der Waals surface area (Å²) in [6.45, 7) is 4.88. The minimum absolute atomic E-state index is 0.0970. The Morgan fingerprint density at radius 2 is 2.17 bits per heavy atom. The highest BCUT2D eigenvalue weighted by molar-refractivity contribution is 8.02. The summed E-state index contributed by atoms with van der Waals surface area (Å²) in [4.78, 5) is 12.4. The second-order valence-corrected chi connectivity index (χ2v) is 7.67. The summed E-state index contributed by atoms with van der Waals surface area (Å²) in [7, 11) is 1.58. The first-order valence-corrected chi connectivity index (χ1v) is 9.51. The number of amides is 1. The van der Waals surface area contributed by atoms with E-state index in [2.05, 4.69) is 27.8 Å². The number of aromatic nitrogens is 2. The maximum Gasteiger partial charge on any atom is 0.237 e. The molecule has 0 saturated heterocycles. The van der Waals surface area contributed by atoms with Crippen LogP contribution in [0.1, 0.15) is 26.7 Å². The number of thioether (sulfide) groups is 1. The van der Waals surface area contributed by atoms with Crippen molar-refractivity contribution < 1.29 is 9.53 Å². The van der Waals surface area contributed by atoms with Gasteiger partial charge in [-0.2, -0.15) is 0 Å². The molecule has 1 heterocycles. The highest BCUT2D eigenvalue weighted by Crippen LogP contribution is 2.30. The quantitative estimate of drug-likeness (QED) is 0.518. The number of nitrogens with one attached hydrogen (secondary N) is 2. The van der Waals surface area contributed by atoms with Crippen LogP contribution < -0.4 is 15.4 Å². The Balaban J connectivity index is 1.89. The SMILES string of the molecule is CCCCNc1nnc(SC(C)C(=O)Nc2ccccc2OC)s1. The lowest BCUT2D eigenvalue weighted by molar-refractivity contribution is -0.115. The van der Waals surface area contributed by atoms with E-state index in [1.54, 1.807) is 7.11 Å². The lowest BCUT2D eigenvalue weighted by atomic mass is 10.3. The maximum absolute atomic E-state index is 12.4. The Hall–Kier alpha value is -1.80. The molecule has 130 valence electrons. The molecule has 1 aromatic heterocycles. The predicted octanol–water partition coefficient (Wildman–Crippen LogP) is 3.88. The zero-order valence-electron chi connectivity index (χ0n) is 14.0. The van der Waals surface area contributed by atoms with Gasteiger partial charge in [0, 0.05) is 6.54 Å². The molecule has 2 rings (SSSR count). The number of hydrogen-bond donors (Lipinski definition) is 2. The zero-order chi connectivity index (χ0) is 17.4. The van der Waals surface area contributed by atoms with Gasteiger partial charge in [-0.3, -0.25) is 4.79 Å². The van der Waals surface area contributed by atoms with E-state index in [-0.39, 0.29) is 11.2 Å². The van der Waals surface area contributed by atoms with Crippen LogP contribution in [0.5, 0.6) is 5.75 Å². The van der Waals surface area contributed by atoms with Crippen molar-refractivity contribution in [3.8, 4) is 5.75 Å². The van der Waals surface area contributed by atoms with Crippen LogP contribution >= 0.6 is 23.1 Å². The van der Waals surface area contributed by atoms with Crippen LogP contribution in [0.15, 0.2) is 28.6 Å². The summed E-state index contributed by atoms with van der Waals surface area (Å²) < 4.78 is 6.02. The van der Waals surface area contributed by atoms with Crippen LogP contribution in [0.25, 0.3) is 0 Å². The molecule has 1 atom stereocenters. The van der Waals surface area contributed by atoms with Crippen LogP contribution in [-0.4, -0.2) is 35.0 Å². The van der Waals surface area contributed by atoms with Crippen molar-refractivity contribution in [1.29, 1.82) is 0 Å². The monoisotopic (exact) mass is 366 g/mol. The Morgan fingerprint density at radius 1 is 1.38 bits per heavy atom. The van der Waals surface area contributed by atoms with Crippen LogP contribution in [0.3, 0.4) is 0 Å². The molecule has 0 spiro atoms. The van der Waals surface area contributed by atoms with E-state index < -0.39 is 0 Å². The molecule has 0 fully saturated rings. The minimum Gasteiger partial charge on any atom is -0.495 e. The Kier molecular flexibility index (Phi) is 7.33. The molecule has 1 unspecified atom stereocenters. The number of carbonyl (C=O) groups excluding carboxylic acids is 1. The normalized spacial score (nSPS) is 11.8. The van der Waals surface area contributed by atoms with E-state index in [1.807, 2.05) is 31.2 Å². The molecule has 0 aliphatic rings. The minimum atomic E-state index is -0.286. The number of para-hydroxylation sites is 2. The molecular weight excluding hydrogens is 344 g/mol. The topological polar surface area (TPSA) is 76.1 Å². The fourth-order valence-corrected chi connectivity index (χ4v) is 3.81. The highest BCUT2D eigenvalue weighted by Gasteiger charge is 2.18. The number of rotatable bonds is 9. The van der Waals surface area contributed by atoms with Gasteiger partial charge in [0.1, 0.15) is 5.75 Å². The van der Waals surface area contributed by atoms with Crippen LogP contribution in [0, 0.1) is 0 Å². The third kappa shape index (κ3) is 5.38. The average Bonchev–Trinajstić information content (AvgIpc) is 3.03. The average molecular weight is 367 g/mol. The van der Waals surface area contributed by atoms with Gasteiger partial charge in [-0.25, -0.2) is 0 Å². The number of unbranched alkanes of at least 4 members (excludes halogenated alkanes) is 1. The number of carbonyl (C=O) groups is 1. The fourth-order valence-electron chi connectivity index (χ4n) is 1.89. The Morgan fingerprint density at radius 3 is 2.92 bits per heavy atom. The van der Waals surface area contributed by atoms with Crippen molar-refractivity contribution in [3.63, 3.8) is 0 Å². The summed E-state index contributed by atoms with van der Waals surface area (Å²) >= 11 is 2.86. The predicted molar refractivity (Wildman–Crippen MR) is 100 cm³/mol. The van der Waals surface area contributed by atoms with E-state index in [1.165, 1.54) is 23.1 Å². The molecule has 2 N–H and O–H groups in total. The highest BCUT2D eigenvalue weighted by atomic mass is 32.2. The van der Waals surface area contributed by atoms with E-state index in [0.717, 1.165) is 28.9 Å². The third-order valence-electron chi connectivity index (χ3n) is 3.22. The van der Waals surface area contributed by atoms with Gasteiger partial charge in [-0.05, 0) is 25.5 Å². The first-order valence-electron chi connectivity index (χ1n) is 7.82. The second kappa shape index (κ2) is 9.48. The van der Waals surface area contributed by atoms with Crippen molar-refractivity contribution in [2.75, 3.05) is 24.3 Å². The fraction of sp³-hybridized carbons (Fsp3) is 0.438. The van der Waals surface area contributed by atoms with Gasteiger partial charge in [0.2, 0.25) is 11.0 Å². The van der Waals surface area contributed by atoms with E-state index in [4.69, 9.17) is 4.74 Å². The molecule has 0 aliphatic heterocycles. The molecule has 1 amide bonds. The van der Waals surface area contributed by atoms with E-state index in [0.29, 0.717) is 11.4 Å². The van der Waals surface area contributed by atoms with Gasteiger partial charge in [-0.15, -0.1) is 10.2 Å². The molecule has 0 aliphatic carbocycles. The Labute approximate surface area is 150 Å². The van der Waals surface area contributed by atoms with Gasteiger partial charge in [0.15, 0.2) is 4.34 Å². The van der Waals surface area contributed by atoms with Gasteiger partial charge < -0.3 is 15.4 Å². The zero-order valence-corrected chi connectivity index (χ0v) is 15.7. The van der Waals surface area contributed by atoms with Crippen molar-refractivity contribution in [1.82, 2.24) is 10.2 Å². The third-order valence-corrected chi connectivity index (χ3v) is 5.29. The lowest BCUT2D eigenvalue weighted by Crippen LogP contribution is -2.22. The van der Waals surface area contributed by atoms with Crippen molar-refractivity contribution in [2.24, 2.45) is 0 Å². The molecule has 0 bridgehead atoms. The molecular formula is C16H22N4O2S2. The summed E-state index contributed by atoms with van der Waals surface area (Å²) in [5, 5.41) is 14.9. The van der Waals surface area contributed by atoms with Crippen molar-refractivity contribution >= 4 is 39.8 Å². The second-order valence-electron chi connectivity index (χ2n) is 5.10. The maximum atomic E-state index is 12.4. The molecule has 8 heteroatoms. The number of nitrogens with zero attached hydrogens (tertiary/aromatic N) is 2. The van der Waals surface area contributed by atoms with Crippen LogP contribution in [-0.2, 0) is 4.79 Å². The summed E-state index contributed by atoms with van der Waals surface area (Å²) in [6.07, 6.45) is 2.23. The molecule has 0 radical (unpaired) electrons. The van der Waals surface area contributed by atoms with E-state index in [9.17, 15) is 4.79 Å². The van der Waals surface area contributed by atoms with Crippen LogP contribution in [0.4, 0.5) is 10.8 Å².